The highest BCUT2D eigenvalue weighted by atomic mass is 32.2. The van der Waals surface area contributed by atoms with E-state index in [2.05, 4.69) is 9.46 Å². The van der Waals surface area contributed by atoms with Crippen LogP contribution in [0, 0.1) is 6.92 Å². The fourth-order valence-corrected chi connectivity index (χ4v) is 3.25. The van der Waals surface area contributed by atoms with Crippen molar-refractivity contribution in [2.24, 2.45) is 0 Å². The molecule has 0 aliphatic carbocycles. The smallest absolute Gasteiger partial charge is 0.343 e. The molecule has 2 aromatic carbocycles. The average molecular weight is 403 g/mol. The van der Waals surface area contributed by atoms with Crippen molar-refractivity contribution in [1.82, 2.24) is 4.72 Å². The molecule has 1 aromatic heterocycles. The Morgan fingerprint density at radius 2 is 1.93 bits per heavy atom. The van der Waals surface area contributed by atoms with Gasteiger partial charge in [0.05, 0.1) is 13.7 Å². The summed E-state index contributed by atoms with van der Waals surface area (Å²) in [5, 5.41) is 0.812. The Morgan fingerprint density at radius 1 is 1.14 bits per heavy atom. The number of para-hydroxylation sites is 1. The molecule has 3 rings (SSSR count). The second-order valence-electron chi connectivity index (χ2n) is 5.94. The molecule has 7 nitrogen and oxygen atoms in total. The third-order valence-electron chi connectivity index (χ3n) is 4.10. The van der Waals surface area contributed by atoms with E-state index < -0.39 is 17.2 Å². The Morgan fingerprint density at radius 3 is 2.68 bits per heavy atom. The van der Waals surface area contributed by atoms with Crippen LogP contribution in [0.5, 0.6) is 5.75 Å². The summed E-state index contributed by atoms with van der Waals surface area (Å²) >= 11 is -1.66. The van der Waals surface area contributed by atoms with E-state index in [1.165, 1.54) is 7.11 Å². The van der Waals surface area contributed by atoms with Gasteiger partial charge in [0.1, 0.15) is 5.76 Å². The minimum atomic E-state index is -1.66. The van der Waals surface area contributed by atoms with Crippen LogP contribution >= 0.6 is 0 Å². The molecule has 1 heterocycles. The standard InChI is InChI=1S/C20H21NO6S/c1-14-17(11-21-28(23)26-12-15-7-4-3-5-8-15)16-9-6-10-18(20(16)27-14)25-13-19(22)24-2/h3-10,21H,11-13H2,1-2H3. The lowest BCUT2D eigenvalue weighted by molar-refractivity contribution is -0.142. The van der Waals surface area contributed by atoms with E-state index in [9.17, 15) is 9.00 Å². The number of hydrogen-bond acceptors (Lipinski definition) is 6. The Bertz CT molecular complexity index is 969. The number of esters is 1. The van der Waals surface area contributed by atoms with Crippen molar-refractivity contribution in [3.05, 3.63) is 65.4 Å². The maximum Gasteiger partial charge on any atom is 0.343 e. The minimum Gasteiger partial charge on any atom is -0.478 e. The van der Waals surface area contributed by atoms with Gasteiger partial charge >= 0.3 is 5.97 Å². The fourth-order valence-electron chi connectivity index (χ4n) is 2.66. The Hall–Kier alpha value is -2.68. The molecule has 3 aromatic rings. The van der Waals surface area contributed by atoms with Gasteiger partial charge in [0, 0.05) is 17.5 Å². The van der Waals surface area contributed by atoms with Gasteiger partial charge in [0.25, 0.3) is 0 Å². The first kappa shape index (κ1) is 20.1. The molecule has 0 fully saturated rings. The summed E-state index contributed by atoms with van der Waals surface area (Å²) in [5.74, 6) is 0.628. The summed E-state index contributed by atoms with van der Waals surface area (Å²) in [6.07, 6.45) is 0. The van der Waals surface area contributed by atoms with E-state index in [-0.39, 0.29) is 13.2 Å². The minimum absolute atomic E-state index is 0.208. The number of nitrogens with one attached hydrogen (secondary N) is 1. The molecule has 0 radical (unpaired) electrons. The van der Waals surface area contributed by atoms with Crippen LogP contribution in [0.2, 0.25) is 0 Å². The number of methoxy groups -OCH3 is 1. The Labute approximate surface area is 165 Å². The van der Waals surface area contributed by atoms with E-state index in [1.54, 1.807) is 12.1 Å². The Balaban J connectivity index is 1.65. The van der Waals surface area contributed by atoms with Crippen molar-refractivity contribution < 1.29 is 27.1 Å². The number of rotatable bonds is 9. The zero-order valence-corrected chi connectivity index (χ0v) is 16.4. The lowest BCUT2D eigenvalue weighted by atomic mass is 10.1. The molecule has 1 N–H and O–H groups in total. The van der Waals surface area contributed by atoms with E-state index in [1.807, 2.05) is 43.3 Å². The molecule has 0 aliphatic heterocycles. The molecule has 0 aliphatic rings. The summed E-state index contributed by atoms with van der Waals surface area (Å²) < 4.78 is 36.1. The maximum absolute atomic E-state index is 12.1. The monoisotopic (exact) mass is 403 g/mol. The third kappa shape index (κ3) is 4.98. The number of furan rings is 1. The maximum atomic E-state index is 12.1. The van der Waals surface area contributed by atoms with Gasteiger partial charge in [-0.05, 0) is 18.6 Å². The first-order chi connectivity index (χ1) is 13.6. The predicted octanol–water partition coefficient (Wildman–Crippen LogP) is 3.18. The van der Waals surface area contributed by atoms with Crippen LogP contribution < -0.4 is 9.46 Å². The van der Waals surface area contributed by atoms with E-state index in [0.717, 1.165) is 16.5 Å². The number of carbonyl (C=O) groups excluding carboxylic acids is 1. The molecular formula is C20H21NO6S. The molecule has 148 valence electrons. The summed E-state index contributed by atoms with van der Waals surface area (Å²) in [6, 6.07) is 14.9. The van der Waals surface area contributed by atoms with E-state index in [0.29, 0.717) is 23.6 Å². The molecule has 0 bridgehead atoms. The summed E-state index contributed by atoms with van der Waals surface area (Å²) in [5.41, 5.74) is 2.31. The van der Waals surface area contributed by atoms with Crippen LogP contribution in [0.1, 0.15) is 16.9 Å². The van der Waals surface area contributed by atoms with E-state index in [4.69, 9.17) is 13.3 Å². The van der Waals surface area contributed by atoms with Crippen molar-refractivity contribution in [2.75, 3.05) is 13.7 Å². The Kier molecular flexibility index (Phi) is 6.80. The molecule has 0 spiro atoms. The predicted molar refractivity (Wildman–Crippen MR) is 105 cm³/mol. The van der Waals surface area contributed by atoms with Crippen molar-refractivity contribution in [2.45, 2.75) is 20.1 Å². The van der Waals surface area contributed by atoms with Gasteiger partial charge in [0.15, 0.2) is 17.9 Å². The molecule has 8 heteroatoms. The highest BCUT2D eigenvalue weighted by molar-refractivity contribution is 7.78. The number of carbonyl (C=O) groups is 1. The first-order valence-corrected chi connectivity index (χ1v) is 9.69. The lowest BCUT2D eigenvalue weighted by Crippen LogP contribution is -2.19. The molecule has 28 heavy (non-hydrogen) atoms. The normalized spacial score (nSPS) is 12.1. The van der Waals surface area contributed by atoms with Gasteiger partial charge < -0.3 is 13.9 Å². The quantitative estimate of drug-likeness (QED) is 0.552. The second kappa shape index (κ2) is 9.50. The largest absolute Gasteiger partial charge is 0.478 e. The second-order valence-corrected chi connectivity index (χ2v) is 6.93. The van der Waals surface area contributed by atoms with Gasteiger partial charge in [-0.3, -0.25) is 4.18 Å². The number of aryl methyl sites for hydroxylation is 1. The van der Waals surface area contributed by atoms with Crippen LogP contribution in [0.3, 0.4) is 0 Å². The van der Waals surface area contributed by atoms with Crippen molar-refractivity contribution in [3.8, 4) is 5.75 Å². The van der Waals surface area contributed by atoms with Crippen molar-refractivity contribution in [1.29, 1.82) is 0 Å². The third-order valence-corrected chi connectivity index (χ3v) is 4.81. The SMILES string of the molecule is COC(=O)COc1cccc2c(CNS(=O)OCc3ccccc3)c(C)oc12. The van der Waals surface area contributed by atoms with E-state index >= 15 is 0 Å². The summed E-state index contributed by atoms with van der Waals surface area (Å²) in [4.78, 5) is 11.3. The van der Waals surface area contributed by atoms with Crippen LogP contribution in [0.4, 0.5) is 0 Å². The number of fused-ring (bicyclic) bond motifs is 1. The zero-order valence-electron chi connectivity index (χ0n) is 15.6. The van der Waals surface area contributed by atoms with Crippen molar-refractivity contribution >= 4 is 28.2 Å². The lowest BCUT2D eigenvalue weighted by Gasteiger charge is -2.06. The fraction of sp³-hybridized carbons (Fsp3) is 0.250. The molecule has 0 saturated heterocycles. The highest BCUT2D eigenvalue weighted by Gasteiger charge is 2.16. The van der Waals surface area contributed by atoms with Gasteiger partial charge in [-0.1, -0.05) is 42.5 Å². The molecular weight excluding hydrogens is 382 g/mol. The van der Waals surface area contributed by atoms with Crippen LogP contribution in [0.15, 0.2) is 52.9 Å². The van der Waals surface area contributed by atoms with Crippen molar-refractivity contribution in [3.63, 3.8) is 0 Å². The number of hydrogen-bond donors (Lipinski definition) is 1. The first-order valence-electron chi connectivity index (χ1n) is 8.61. The number of benzene rings is 2. The summed E-state index contributed by atoms with van der Waals surface area (Å²) in [7, 11) is 1.30. The van der Waals surface area contributed by atoms with Gasteiger partial charge in [0.2, 0.25) is 11.3 Å². The zero-order chi connectivity index (χ0) is 19.9. The molecule has 1 unspecified atom stereocenters. The van der Waals surface area contributed by atoms with Gasteiger partial charge in [-0.2, -0.15) is 0 Å². The molecule has 0 amide bonds. The molecule has 1 atom stereocenters. The highest BCUT2D eigenvalue weighted by Crippen LogP contribution is 2.32. The summed E-state index contributed by atoms with van der Waals surface area (Å²) in [6.45, 7) is 2.15. The average Bonchev–Trinajstić information content (AvgIpc) is 3.05. The van der Waals surface area contributed by atoms with Crippen LogP contribution in [-0.2, 0) is 38.1 Å². The topological polar surface area (TPSA) is 87.0 Å². The van der Waals surface area contributed by atoms with Gasteiger partial charge in [-0.25, -0.2) is 13.7 Å². The molecule has 0 saturated carbocycles. The number of ether oxygens (including phenoxy) is 2. The van der Waals surface area contributed by atoms with Crippen LogP contribution in [-0.4, -0.2) is 23.9 Å². The van der Waals surface area contributed by atoms with Gasteiger partial charge in [-0.15, -0.1) is 0 Å². The van der Waals surface area contributed by atoms with Crippen LogP contribution in [0.25, 0.3) is 11.0 Å².